The lowest BCUT2D eigenvalue weighted by atomic mass is 9.56. The standard InChI is InChI=1S/C43H67BrO4Si/c1-31(2)16-13-17-32(3)28-38(48-41(46)36-21-23-37(44)24-22-36)29-33(4)18-14-26-43(10)35(6)20-25-39(34(5)30-45)40(43)19-15-27-47-49(11,12)42(7,8)9/h16,18,21-24,28,30,35,38,40H,13-15,17,19-20,25-27,29H2,1-12H3/b32-28+,33-18+,39-34-/t35-,38+,40-,43-/m1/s1. The third-order valence-electron chi connectivity index (χ3n) is 11.4. The third kappa shape index (κ3) is 13.6. The highest BCUT2D eigenvalue weighted by Crippen LogP contribution is 2.53. The Morgan fingerprint density at radius 2 is 1.69 bits per heavy atom. The van der Waals surface area contributed by atoms with Crippen molar-refractivity contribution in [1.82, 2.24) is 0 Å². The molecule has 49 heavy (non-hydrogen) atoms. The molecule has 1 aliphatic carbocycles. The molecule has 4 atom stereocenters. The van der Waals surface area contributed by atoms with Gasteiger partial charge in [0.25, 0.3) is 0 Å². The first-order valence-electron chi connectivity index (χ1n) is 18.5. The summed E-state index contributed by atoms with van der Waals surface area (Å²) in [6.45, 7) is 27.7. The van der Waals surface area contributed by atoms with Crippen LogP contribution in [0.2, 0.25) is 18.1 Å². The molecule has 0 heterocycles. The number of hydrogen-bond donors (Lipinski definition) is 0. The second-order valence-corrected chi connectivity index (χ2v) is 22.4. The average molecular weight is 756 g/mol. The third-order valence-corrected chi connectivity index (χ3v) is 16.4. The minimum absolute atomic E-state index is 0.0838. The number of ether oxygens (including phenoxy) is 1. The molecule has 0 saturated heterocycles. The van der Waals surface area contributed by atoms with E-state index in [4.69, 9.17) is 9.16 Å². The summed E-state index contributed by atoms with van der Waals surface area (Å²) in [5.41, 5.74) is 6.69. The smallest absolute Gasteiger partial charge is 0.338 e. The van der Waals surface area contributed by atoms with E-state index in [-0.39, 0.29) is 22.5 Å². The van der Waals surface area contributed by atoms with Gasteiger partial charge in [-0.05, 0) is 157 Å². The quantitative estimate of drug-likeness (QED) is 0.0397. The average Bonchev–Trinajstić information content (AvgIpc) is 3.00. The molecule has 6 heteroatoms. The van der Waals surface area contributed by atoms with Gasteiger partial charge in [-0.2, -0.15) is 0 Å². The molecule has 2 rings (SSSR count). The van der Waals surface area contributed by atoms with E-state index in [1.165, 1.54) is 22.3 Å². The Morgan fingerprint density at radius 1 is 1.04 bits per heavy atom. The lowest BCUT2D eigenvalue weighted by Gasteiger charge is -2.49. The minimum Gasteiger partial charge on any atom is -0.454 e. The van der Waals surface area contributed by atoms with Crippen LogP contribution in [0.3, 0.4) is 0 Å². The second-order valence-electron chi connectivity index (χ2n) is 16.7. The molecule has 0 amide bonds. The van der Waals surface area contributed by atoms with Gasteiger partial charge in [0, 0.05) is 17.5 Å². The predicted octanol–water partition coefficient (Wildman–Crippen LogP) is 13.2. The van der Waals surface area contributed by atoms with Crippen LogP contribution in [0.15, 0.2) is 74.8 Å². The maximum atomic E-state index is 13.2. The number of carbonyl (C=O) groups is 2. The first-order chi connectivity index (χ1) is 22.8. The van der Waals surface area contributed by atoms with E-state index in [0.29, 0.717) is 23.8 Å². The van der Waals surface area contributed by atoms with Crippen molar-refractivity contribution in [2.45, 2.75) is 151 Å². The van der Waals surface area contributed by atoms with Gasteiger partial charge < -0.3 is 9.16 Å². The maximum Gasteiger partial charge on any atom is 0.338 e. The van der Waals surface area contributed by atoms with Crippen LogP contribution in [-0.4, -0.2) is 33.3 Å². The van der Waals surface area contributed by atoms with Crippen LogP contribution in [0.25, 0.3) is 0 Å². The summed E-state index contributed by atoms with van der Waals surface area (Å²) in [6, 6.07) is 7.34. The van der Waals surface area contributed by atoms with E-state index in [1.54, 1.807) is 12.1 Å². The highest BCUT2D eigenvalue weighted by Gasteiger charge is 2.44. The van der Waals surface area contributed by atoms with Crippen LogP contribution >= 0.6 is 15.9 Å². The fraction of sp³-hybridized carbons (Fsp3) is 0.628. The van der Waals surface area contributed by atoms with Crippen LogP contribution in [0, 0.1) is 17.3 Å². The van der Waals surface area contributed by atoms with Gasteiger partial charge in [0.2, 0.25) is 0 Å². The van der Waals surface area contributed by atoms with Gasteiger partial charge in [0.1, 0.15) is 12.4 Å². The molecule has 0 aromatic heterocycles. The number of rotatable bonds is 17. The molecule has 1 saturated carbocycles. The monoisotopic (exact) mass is 754 g/mol. The molecule has 0 bridgehead atoms. The summed E-state index contributed by atoms with van der Waals surface area (Å²) in [5.74, 6) is 0.623. The van der Waals surface area contributed by atoms with Crippen molar-refractivity contribution in [3.05, 3.63) is 80.4 Å². The van der Waals surface area contributed by atoms with Crippen LogP contribution in [0.5, 0.6) is 0 Å². The van der Waals surface area contributed by atoms with Crippen molar-refractivity contribution < 1.29 is 18.8 Å². The van der Waals surface area contributed by atoms with E-state index in [9.17, 15) is 9.59 Å². The molecule has 1 fully saturated rings. The number of aldehydes is 1. The van der Waals surface area contributed by atoms with Crippen LogP contribution in [-0.2, 0) is 14.0 Å². The minimum atomic E-state index is -1.80. The van der Waals surface area contributed by atoms with E-state index >= 15 is 0 Å². The van der Waals surface area contributed by atoms with Crippen molar-refractivity contribution in [2.24, 2.45) is 17.3 Å². The fourth-order valence-corrected chi connectivity index (χ4v) is 8.22. The van der Waals surface area contributed by atoms with Crippen LogP contribution in [0.1, 0.15) is 137 Å². The number of hydrogen-bond acceptors (Lipinski definition) is 4. The van der Waals surface area contributed by atoms with Gasteiger partial charge in [0.05, 0.1) is 5.56 Å². The Balaban J connectivity index is 2.24. The van der Waals surface area contributed by atoms with Crippen LogP contribution < -0.4 is 0 Å². The predicted molar refractivity (Wildman–Crippen MR) is 215 cm³/mol. The van der Waals surface area contributed by atoms with Crippen molar-refractivity contribution in [3.63, 3.8) is 0 Å². The second kappa shape index (κ2) is 19.5. The van der Waals surface area contributed by atoms with Crippen molar-refractivity contribution in [2.75, 3.05) is 6.61 Å². The zero-order chi connectivity index (χ0) is 37.0. The Labute approximate surface area is 309 Å². The van der Waals surface area contributed by atoms with E-state index < -0.39 is 8.32 Å². The molecule has 1 aromatic rings. The SMILES string of the molecule is CC(C)=CCC/C(C)=C/[C@@H](C/C(C)=C/CC[C@]1(C)[C@H](C)CC/C(=C(\C)C=O)[C@H]1CCCO[Si](C)(C)C(C)(C)C)OC(=O)c1ccc(Br)cc1. The summed E-state index contributed by atoms with van der Waals surface area (Å²) < 4.78 is 13.6. The summed E-state index contributed by atoms with van der Waals surface area (Å²) in [4.78, 5) is 25.2. The number of benzene rings is 1. The molecule has 0 aliphatic heterocycles. The molecular weight excluding hydrogens is 688 g/mol. The number of carbonyl (C=O) groups excluding carboxylic acids is 2. The van der Waals surface area contributed by atoms with Crippen molar-refractivity contribution in [1.29, 1.82) is 0 Å². The highest BCUT2D eigenvalue weighted by molar-refractivity contribution is 9.10. The lowest BCUT2D eigenvalue weighted by Crippen LogP contribution is -2.42. The Hall–Kier alpha value is -2.02. The van der Waals surface area contributed by atoms with Crippen molar-refractivity contribution >= 4 is 36.5 Å². The number of allylic oxidation sites excluding steroid dienone is 6. The zero-order valence-electron chi connectivity index (χ0n) is 32.9. The topological polar surface area (TPSA) is 52.6 Å². The lowest BCUT2D eigenvalue weighted by molar-refractivity contribution is -0.105. The van der Waals surface area contributed by atoms with Gasteiger partial charge in [-0.15, -0.1) is 0 Å². The van der Waals surface area contributed by atoms with E-state index in [0.717, 1.165) is 74.3 Å². The molecular formula is C43H67BrO4Si. The van der Waals surface area contributed by atoms with Gasteiger partial charge in [-0.1, -0.05) is 85.0 Å². The normalized spacial score (nSPS) is 22.4. The summed E-state index contributed by atoms with van der Waals surface area (Å²) in [7, 11) is -1.80. The largest absolute Gasteiger partial charge is 0.454 e. The van der Waals surface area contributed by atoms with Crippen LogP contribution in [0.4, 0.5) is 0 Å². The summed E-state index contributed by atoms with van der Waals surface area (Å²) in [6.07, 6.45) is 16.2. The molecule has 1 aliphatic rings. The molecule has 1 aromatic carbocycles. The number of halogens is 1. The molecule has 4 nitrogen and oxygen atoms in total. The first-order valence-corrected chi connectivity index (χ1v) is 22.2. The van der Waals surface area contributed by atoms with Gasteiger partial charge in [-0.3, -0.25) is 4.79 Å². The zero-order valence-corrected chi connectivity index (χ0v) is 35.5. The fourth-order valence-electron chi connectivity index (χ4n) is 6.87. The van der Waals surface area contributed by atoms with Gasteiger partial charge in [0.15, 0.2) is 8.32 Å². The van der Waals surface area contributed by atoms with Crippen molar-refractivity contribution in [3.8, 4) is 0 Å². The Bertz CT molecular complexity index is 1360. The maximum absolute atomic E-state index is 13.2. The molecule has 274 valence electrons. The summed E-state index contributed by atoms with van der Waals surface area (Å²) in [5, 5.41) is 0.195. The van der Waals surface area contributed by atoms with E-state index in [1.807, 2.05) is 19.1 Å². The Morgan fingerprint density at radius 3 is 2.29 bits per heavy atom. The van der Waals surface area contributed by atoms with Gasteiger partial charge in [-0.25, -0.2) is 4.79 Å². The Kier molecular flexibility index (Phi) is 17.2. The van der Waals surface area contributed by atoms with Gasteiger partial charge >= 0.3 is 5.97 Å². The summed E-state index contributed by atoms with van der Waals surface area (Å²) >= 11 is 3.46. The molecule has 0 spiro atoms. The van der Waals surface area contributed by atoms with E-state index in [2.05, 4.69) is 110 Å². The highest BCUT2D eigenvalue weighted by atomic mass is 79.9. The molecule has 0 unspecified atom stereocenters. The number of esters is 1. The molecule has 0 N–H and O–H groups in total. The first kappa shape index (κ1) is 43.1. The molecule has 0 radical (unpaired) electrons.